The Morgan fingerprint density at radius 1 is 0.968 bits per heavy atom. The Morgan fingerprint density at radius 3 is 2.39 bits per heavy atom. The number of carbonyl (C=O) groups is 1. The molecule has 1 heterocycles. The molecule has 1 aromatic heterocycles. The number of nitrogens with zero attached hydrogens (tertiary/aromatic N) is 2. The third-order valence-corrected chi connectivity index (χ3v) is 4.99. The minimum absolute atomic E-state index is 0.115. The fraction of sp³-hybridized carbons (Fsp3) is 0.125. The van der Waals surface area contributed by atoms with Crippen LogP contribution < -0.4 is 5.32 Å². The highest BCUT2D eigenvalue weighted by Crippen LogP contribution is 2.23. The molecule has 0 saturated heterocycles. The Hall–Kier alpha value is -3.51. The first-order chi connectivity index (χ1) is 15.1. The lowest BCUT2D eigenvalue weighted by Gasteiger charge is -2.15. The second-order valence-corrected chi connectivity index (χ2v) is 7.51. The molecule has 31 heavy (non-hydrogen) atoms. The fourth-order valence-electron chi connectivity index (χ4n) is 3.18. The molecule has 1 atom stereocenters. The van der Waals surface area contributed by atoms with Gasteiger partial charge in [-0.15, -0.1) is 0 Å². The normalized spacial score (nSPS) is 11.8. The van der Waals surface area contributed by atoms with Crippen LogP contribution in [-0.4, -0.2) is 16.0 Å². The number of aromatic nitrogens is 2. The molecule has 7 heteroatoms. The Labute approximate surface area is 183 Å². The molecule has 0 fully saturated rings. The number of benzene rings is 3. The van der Waals surface area contributed by atoms with Crippen molar-refractivity contribution in [1.82, 2.24) is 15.5 Å². The first kappa shape index (κ1) is 20.8. The summed E-state index contributed by atoms with van der Waals surface area (Å²) in [5.41, 5.74) is 2.49. The summed E-state index contributed by atoms with van der Waals surface area (Å²) >= 11 is 5.94. The molecule has 3 aromatic carbocycles. The van der Waals surface area contributed by atoms with Crippen molar-refractivity contribution in [2.24, 2.45) is 0 Å². The van der Waals surface area contributed by atoms with Gasteiger partial charge in [-0.05, 0) is 47.5 Å². The van der Waals surface area contributed by atoms with Crippen molar-refractivity contribution in [3.63, 3.8) is 0 Å². The topological polar surface area (TPSA) is 68.0 Å². The molecule has 0 unspecified atom stereocenters. The second kappa shape index (κ2) is 9.53. The number of amides is 1. The molecule has 0 radical (unpaired) electrons. The Kier molecular flexibility index (Phi) is 6.38. The van der Waals surface area contributed by atoms with Gasteiger partial charge in [0.2, 0.25) is 17.6 Å². The molecular formula is C24H19ClFN3O2. The Balaban J connectivity index is 1.54. The Bertz CT molecular complexity index is 1150. The summed E-state index contributed by atoms with van der Waals surface area (Å²) in [5, 5.41) is 7.64. The van der Waals surface area contributed by atoms with Crippen molar-refractivity contribution in [1.29, 1.82) is 0 Å². The zero-order chi connectivity index (χ0) is 21.6. The van der Waals surface area contributed by atoms with Crippen LogP contribution in [-0.2, 0) is 17.6 Å². The molecule has 0 spiro atoms. The van der Waals surface area contributed by atoms with Gasteiger partial charge in [-0.2, -0.15) is 4.98 Å². The van der Waals surface area contributed by atoms with E-state index in [-0.39, 0.29) is 18.1 Å². The first-order valence-corrected chi connectivity index (χ1v) is 10.1. The van der Waals surface area contributed by atoms with Crippen molar-refractivity contribution in [3.05, 3.63) is 107 Å². The predicted molar refractivity (Wildman–Crippen MR) is 116 cm³/mol. The van der Waals surface area contributed by atoms with Crippen LogP contribution in [0.5, 0.6) is 0 Å². The highest BCUT2D eigenvalue weighted by atomic mass is 35.5. The molecular weight excluding hydrogens is 417 g/mol. The number of carbonyl (C=O) groups excluding carboxylic acids is 1. The van der Waals surface area contributed by atoms with Crippen molar-refractivity contribution >= 4 is 17.5 Å². The average Bonchev–Trinajstić information content (AvgIpc) is 3.26. The van der Waals surface area contributed by atoms with E-state index in [4.69, 9.17) is 16.1 Å². The summed E-state index contributed by atoms with van der Waals surface area (Å²) in [4.78, 5) is 17.2. The van der Waals surface area contributed by atoms with E-state index in [0.29, 0.717) is 28.7 Å². The van der Waals surface area contributed by atoms with Crippen LogP contribution >= 0.6 is 11.6 Å². The summed E-state index contributed by atoms with van der Waals surface area (Å²) < 4.78 is 18.6. The third kappa shape index (κ3) is 5.55. The molecule has 0 saturated carbocycles. The van der Waals surface area contributed by atoms with Gasteiger partial charge in [-0.25, -0.2) is 4.39 Å². The first-order valence-electron chi connectivity index (χ1n) is 9.74. The van der Waals surface area contributed by atoms with Gasteiger partial charge in [0.05, 0.1) is 6.42 Å². The lowest BCUT2D eigenvalue weighted by Crippen LogP contribution is -2.31. The lowest BCUT2D eigenvalue weighted by atomic mass is 10.0. The lowest BCUT2D eigenvalue weighted by molar-refractivity contribution is -0.121. The van der Waals surface area contributed by atoms with Gasteiger partial charge >= 0.3 is 0 Å². The second-order valence-electron chi connectivity index (χ2n) is 7.08. The van der Waals surface area contributed by atoms with Crippen molar-refractivity contribution in [2.45, 2.75) is 18.9 Å². The molecule has 1 amide bonds. The number of hydrogen-bond acceptors (Lipinski definition) is 4. The monoisotopic (exact) mass is 435 g/mol. The molecule has 0 bridgehead atoms. The zero-order valence-corrected chi connectivity index (χ0v) is 17.2. The van der Waals surface area contributed by atoms with E-state index in [0.717, 1.165) is 11.1 Å². The van der Waals surface area contributed by atoms with E-state index in [2.05, 4.69) is 15.5 Å². The van der Waals surface area contributed by atoms with Crippen LogP contribution in [0.4, 0.5) is 4.39 Å². The molecule has 4 rings (SSSR count). The van der Waals surface area contributed by atoms with Gasteiger partial charge in [0, 0.05) is 17.0 Å². The van der Waals surface area contributed by atoms with Gasteiger partial charge in [-0.1, -0.05) is 59.2 Å². The summed E-state index contributed by atoms with van der Waals surface area (Å²) in [5.74, 6) is 0.157. The van der Waals surface area contributed by atoms with Gasteiger partial charge in [-0.3, -0.25) is 4.79 Å². The van der Waals surface area contributed by atoms with Crippen LogP contribution in [0.1, 0.15) is 23.1 Å². The maximum absolute atomic E-state index is 13.1. The average molecular weight is 436 g/mol. The SMILES string of the molecule is O=C(Cc1ccc(F)cc1)N[C@@H](Cc1ccccc1)c1nc(-c2ccc(Cl)cc2)no1. The van der Waals surface area contributed by atoms with Crippen LogP contribution in [0.25, 0.3) is 11.4 Å². The molecule has 0 aliphatic carbocycles. The van der Waals surface area contributed by atoms with E-state index in [1.807, 2.05) is 30.3 Å². The largest absolute Gasteiger partial charge is 0.344 e. The summed E-state index contributed by atoms with van der Waals surface area (Å²) in [6.45, 7) is 0. The van der Waals surface area contributed by atoms with E-state index in [9.17, 15) is 9.18 Å². The molecule has 156 valence electrons. The van der Waals surface area contributed by atoms with E-state index < -0.39 is 6.04 Å². The number of rotatable bonds is 7. The minimum Gasteiger partial charge on any atom is -0.344 e. The quantitative estimate of drug-likeness (QED) is 0.434. The van der Waals surface area contributed by atoms with Gasteiger partial charge < -0.3 is 9.84 Å². The Morgan fingerprint density at radius 2 is 1.68 bits per heavy atom. The van der Waals surface area contributed by atoms with E-state index in [1.165, 1.54) is 12.1 Å². The van der Waals surface area contributed by atoms with Crippen molar-refractivity contribution < 1.29 is 13.7 Å². The maximum Gasteiger partial charge on any atom is 0.249 e. The van der Waals surface area contributed by atoms with Crippen LogP contribution in [0.3, 0.4) is 0 Å². The van der Waals surface area contributed by atoms with Crippen LogP contribution in [0.2, 0.25) is 5.02 Å². The van der Waals surface area contributed by atoms with Crippen LogP contribution in [0.15, 0.2) is 83.4 Å². The number of nitrogens with one attached hydrogen (secondary N) is 1. The summed E-state index contributed by atoms with van der Waals surface area (Å²) in [6.07, 6.45) is 0.599. The highest BCUT2D eigenvalue weighted by molar-refractivity contribution is 6.30. The predicted octanol–water partition coefficient (Wildman–Crippen LogP) is 5.17. The van der Waals surface area contributed by atoms with E-state index >= 15 is 0 Å². The van der Waals surface area contributed by atoms with Crippen molar-refractivity contribution in [2.75, 3.05) is 0 Å². The standard InChI is InChI=1S/C24H19ClFN3O2/c25-19-10-8-18(9-11-19)23-28-24(31-29-23)21(14-16-4-2-1-3-5-16)27-22(30)15-17-6-12-20(26)13-7-17/h1-13,21H,14-15H2,(H,27,30)/t21-/m0/s1. The number of hydrogen-bond donors (Lipinski definition) is 1. The van der Waals surface area contributed by atoms with Crippen LogP contribution in [0, 0.1) is 5.82 Å². The number of halogens is 2. The fourth-order valence-corrected chi connectivity index (χ4v) is 3.30. The minimum atomic E-state index is -0.510. The molecule has 4 aromatic rings. The smallest absolute Gasteiger partial charge is 0.249 e. The maximum atomic E-state index is 13.1. The molecule has 1 N–H and O–H groups in total. The van der Waals surface area contributed by atoms with Crippen molar-refractivity contribution in [3.8, 4) is 11.4 Å². The van der Waals surface area contributed by atoms with Gasteiger partial charge in [0.1, 0.15) is 11.9 Å². The van der Waals surface area contributed by atoms with Gasteiger partial charge in [0.25, 0.3) is 0 Å². The highest BCUT2D eigenvalue weighted by Gasteiger charge is 2.22. The summed E-state index contributed by atoms with van der Waals surface area (Å²) in [6, 6.07) is 22.2. The molecule has 0 aliphatic heterocycles. The third-order valence-electron chi connectivity index (χ3n) is 4.74. The van der Waals surface area contributed by atoms with E-state index in [1.54, 1.807) is 36.4 Å². The summed E-state index contributed by atoms with van der Waals surface area (Å²) in [7, 11) is 0. The molecule has 0 aliphatic rings. The van der Waals surface area contributed by atoms with Gasteiger partial charge in [0.15, 0.2) is 0 Å². The molecule has 5 nitrogen and oxygen atoms in total. The zero-order valence-electron chi connectivity index (χ0n) is 16.5.